The van der Waals surface area contributed by atoms with E-state index in [0.717, 1.165) is 30.5 Å². The number of carbonyl (C=O) groups is 2. The first-order chi connectivity index (χ1) is 13.6. The standard InChI is InChI=1S/C22H27N3O3/c1-16-8-10-24(11-9-16)19-6-4-18(5-7-19)23-22(27)17-13-21(26)25(14-17)15-20-3-2-12-28-20/h2-7,12,16-17H,8-11,13-15H2,1H3,(H,23,27). The van der Waals surface area contributed by atoms with Gasteiger partial charge in [0, 0.05) is 37.4 Å². The number of anilines is 2. The van der Waals surface area contributed by atoms with E-state index in [-0.39, 0.29) is 24.2 Å². The topological polar surface area (TPSA) is 65.8 Å². The van der Waals surface area contributed by atoms with Crippen molar-refractivity contribution in [1.29, 1.82) is 0 Å². The van der Waals surface area contributed by atoms with Crippen LogP contribution >= 0.6 is 0 Å². The number of nitrogens with zero attached hydrogens (tertiary/aromatic N) is 2. The van der Waals surface area contributed by atoms with Gasteiger partial charge in [0.1, 0.15) is 5.76 Å². The highest BCUT2D eigenvalue weighted by molar-refractivity contribution is 5.97. The molecule has 1 aromatic carbocycles. The largest absolute Gasteiger partial charge is 0.467 e. The quantitative estimate of drug-likeness (QED) is 0.861. The number of carbonyl (C=O) groups excluding carboxylic acids is 2. The van der Waals surface area contributed by atoms with Crippen LogP contribution in [0.2, 0.25) is 0 Å². The second kappa shape index (κ2) is 8.09. The van der Waals surface area contributed by atoms with E-state index in [2.05, 4.69) is 29.3 Å². The van der Waals surface area contributed by atoms with Crippen molar-refractivity contribution in [3.05, 3.63) is 48.4 Å². The van der Waals surface area contributed by atoms with Crippen LogP contribution in [0.5, 0.6) is 0 Å². The molecule has 0 bridgehead atoms. The molecule has 4 rings (SSSR count). The maximum Gasteiger partial charge on any atom is 0.229 e. The lowest BCUT2D eigenvalue weighted by atomic mass is 9.99. The summed E-state index contributed by atoms with van der Waals surface area (Å²) in [7, 11) is 0. The van der Waals surface area contributed by atoms with Crippen LogP contribution in [0.25, 0.3) is 0 Å². The molecular formula is C22H27N3O3. The SMILES string of the molecule is CC1CCN(c2ccc(NC(=O)C3CC(=O)N(Cc4ccco4)C3)cc2)CC1. The molecule has 3 heterocycles. The van der Waals surface area contributed by atoms with Gasteiger partial charge in [-0.15, -0.1) is 0 Å². The second-order valence-electron chi connectivity index (χ2n) is 7.96. The first kappa shape index (κ1) is 18.6. The molecule has 0 aliphatic carbocycles. The van der Waals surface area contributed by atoms with Gasteiger partial charge in [0.15, 0.2) is 0 Å². The van der Waals surface area contributed by atoms with Gasteiger partial charge in [-0.25, -0.2) is 0 Å². The first-order valence-electron chi connectivity index (χ1n) is 10.0. The Bertz CT molecular complexity index is 808. The monoisotopic (exact) mass is 381 g/mol. The minimum absolute atomic E-state index is 0.00813. The third-order valence-corrected chi connectivity index (χ3v) is 5.80. The van der Waals surface area contributed by atoms with Gasteiger partial charge < -0.3 is 19.5 Å². The molecule has 2 aliphatic heterocycles. The van der Waals surface area contributed by atoms with Crippen LogP contribution in [0, 0.1) is 11.8 Å². The van der Waals surface area contributed by atoms with Gasteiger partial charge in [-0.2, -0.15) is 0 Å². The van der Waals surface area contributed by atoms with E-state index in [0.29, 0.717) is 13.1 Å². The zero-order chi connectivity index (χ0) is 19.5. The minimum Gasteiger partial charge on any atom is -0.467 e. The smallest absolute Gasteiger partial charge is 0.229 e. The molecule has 28 heavy (non-hydrogen) atoms. The Kier molecular flexibility index (Phi) is 5.37. The summed E-state index contributed by atoms with van der Waals surface area (Å²) in [6, 6.07) is 11.7. The molecule has 6 nitrogen and oxygen atoms in total. The van der Waals surface area contributed by atoms with Crippen molar-refractivity contribution in [2.45, 2.75) is 32.7 Å². The van der Waals surface area contributed by atoms with Gasteiger partial charge >= 0.3 is 0 Å². The summed E-state index contributed by atoms with van der Waals surface area (Å²) in [5.74, 6) is 1.10. The minimum atomic E-state index is -0.328. The van der Waals surface area contributed by atoms with E-state index >= 15 is 0 Å². The fourth-order valence-corrected chi connectivity index (χ4v) is 3.96. The number of piperidine rings is 1. The van der Waals surface area contributed by atoms with Gasteiger partial charge in [0.2, 0.25) is 11.8 Å². The number of benzene rings is 1. The summed E-state index contributed by atoms with van der Waals surface area (Å²) >= 11 is 0. The first-order valence-corrected chi connectivity index (χ1v) is 10.0. The number of amides is 2. The average molecular weight is 381 g/mol. The zero-order valence-corrected chi connectivity index (χ0v) is 16.3. The van der Waals surface area contributed by atoms with Gasteiger partial charge in [0.25, 0.3) is 0 Å². The normalized spacial score (nSPS) is 20.6. The Morgan fingerprint density at radius 1 is 1.18 bits per heavy atom. The molecule has 2 amide bonds. The molecule has 1 aromatic heterocycles. The zero-order valence-electron chi connectivity index (χ0n) is 16.3. The van der Waals surface area contributed by atoms with Gasteiger partial charge in [-0.3, -0.25) is 9.59 Å². The van der Waals surface area contributed by atoms with Gasteiger partial charge in [-0.1, -0.05) is 6.92 Å². The lowest BCUT2D eigenvalue weighted by molar-refractivity contribution is -0.128. The number of hydrogen-bond donors (Lipinski definition) is 1. The molecular weight excluding hydrogens is 354 g/mol. The molecule has 2 aromatic rings. The molecule has 0 spiro atoms. The van der Waals surface area contributed by atoms with Gasteiger partial charge in [0.05, 0.1) is 18.7 Å². The van der Waals surface area contributed by atoms with E-state index in [1.54, 1.807) is 17.2 Å². The number of rotatable bonds is 5. The molecule has 1 N–H and O–H groups in total. The highest BCUT2D eigenvalue weighted by Gasteiger charge is 2.34. The summed E-state index contributed by atoms with van der Waals surface area (Å²) < 4.78 is 5.30. The number of nitrogens with one attached hydrogen (secondary N) is 1. The molecule has 0 saturated carbocycles. The van der Waals surface area contributed by atoms with Crippen molar-refractivity contribution in [2.75, 3.05) is 29.9 Å². The van der Waals surface area contributed by atoms with Crippen molar-refractivity contribution >= 4 is 23.2 Å². The highest BCUT2D eigenvalue weighted by atomic mass is 16.3. The van der Waals surface area contributed by atoms with Crippen LogP contribution in [-0.4, -0.2) is 36.3 Å². The van der Waals surface area contributed by atoms with Crippen LogP contribution < -0.4 is 10.2 Å². The second-order valence-corrected chi connectivity index (χ2v) is 7.96. The molecule has 2 fully saturated rings. The predicted octanol–water partition coefficient (Wildman–Crippen LogP) is 3.50. The van der Waals surface area contributed by atoms with Crippen molar-refractivity contribution in [3.8, 4) is 0 Å². The van der Waals surface area contributed by atoms with E-state index in [1.165, 1.54) is 18.5 Å². The number of furan rings is 1. The Morgan fingerprint density at radius 3 is 2.61 bits per heavy atom. The van der Waals surface area contributed by atoms with Crippen molar-refractivity contribution in [3.63, 3.8) is 0 Å². The summed E-state index contributed by atoms with van der Waals surface area (Å²) in [6.45, 7) is 5.32. The van der Waals surface area contributed by atoms with Crippen LogP contribution in [0.15, 0.2) is 47.1 Å². The van der Waals surface area contributed by atoms with Crippen molar-refractivity contribution in [1.82, 2.24) is 4.90 Å². The lowest BCUT2D eigenvalue weighted by Gasteiger charge is -2.32. The van der Waals surface area contributed by atoms with Crippen LogP contribution in [0.4, 0.5) is 11.4 Å². The molecule has 0 radical (unpaired) electrons. The number of likely N-dealkylation sites (tertiary alicyclic amines) is 1. The van der Waals surface area contributed by atoms with E-state index in [4.69, 9.17) is 4.42 Å². The van der Waals surface area contributed by atoms with E-state index in [9.17, 15) is 9.59 Å². The molecule has 1 unspecified atom stereocenters. The summed E-state index contributed by atoms with van der Waals surface area (Å²) in [4.78, 5) is 28.9. The third kappa shape index (κ3) is 4.21. The summed E-state index contributed by atoms with van der Waals surface area (Å²) in [6.07, 6.45) is 4.29. The third-order valence-electron chi connectivity index (χ3n) is 5.80. The summed E-state index contributed by atoms with van der Waals surface area (Å²) in [5.41, 5.74) is 1.97. The van der Waals surface area contributed by atoms with Crippen LogP contribution in [0.1, 0.15) is 31.9 Å². The number of hydrogen-bond acceptors (Lipinski definition) is 4. The van der Waals surface area contributed by atoms with Crippen molar-refractivity contribution in [2.24, 2.45) is 11.8 Å². The maximum atomic E-state index is 12.6. The molecule has 148 valence electrons. The highest BCUT2D eigenvalue weighted by Crippen LogP contribution is 2.26. The Labute approximate surface area is 165 Å². The predicted molar refractivity (Wildman–Crippen MR) is 108 cm³/mol. The van der Waals surface area contributed by atoms with E-state index in [1.807, 2.05) is 18.2 Å². The maximum absolute atomic E-state index is 12.6. The fourth-order valence-electron chi connectivity index (χ4n) is 3.96. The Morgan fingerprint density at radius 2 is 1.93 bits per heavy atom. The van der Waals surface area contributed by atoms with Gasteiger partial charge in [-0.05, 0) is 55.2 Å². The lowest BCUT2D eigenvalue weighted by Crippen LogP contribution is -2.32. The molecule has 2 saturated heterocycles. The molecule has 1 atom stereocenters. The Hall–Kier alpha value is -2.76. The molecule has 2 aliphatic rings. The molecule has 6 heteroatoms. The Balaban J connectivity index is 1.31. The fraction of sp³-hybridized carbons (Fsp3) is 0.455. The van der Waals surface area contributed by atoms with E-state index < -0.39 is 0 Å². The average Bonchev–Trinajstić information content (AvgIpc) is 3.34. The summed E-state index contributed by atoms with van der Waals surface area (Å²) in [5, 5.41) is 2.96. The van der Waals surface area contributed by atoms with Crippen LogP contribution in [-0.2, 0) is 16.1 Å². The van der Waals surface area contributed by atoms with Crippen LogP contribution in [0.3, 0.4) is 0 Å². The van der Waals surface area contributed by atoms with Crippen molar-refractivity contribution < 1.29 is 14.0 Å².